The van der Waals surface area contributed by atoms with Crippen LogP contribution >= 0.6 is 0 Å². The maximum Gasteiger partial charge on any atom is 0.257 e. The molecule has 6 rings (SSSR count). The first-order valence-electron chi connectivity index (χ1n) is 17.5. The minimum atomic E-state index is -0.496. The molecule has 1 aliphatic carbocycles. The van der Waals surface area contributed by atoms with E-state index in [1.165, 1.54) is 30.1 Å². The van der Waals surface area contributed by atoms with Crippen LogP contribution in [0.3, 0.4) is 0 Å². The number of aliphatic imine (C=N–C) groups is 2. The van der Waals surface area contributed by atoms with Gasteiger partial charge in [-0.1, -0.05) is 32.9 Å². The molecular weight excluding hydrogens is 595 g/mol. The molecule has 1 spiro atoms. The van der Waals surface area contributed by atoms with E-state index in [-0.39, 0.29) is 46.5 Å². The monoisotopic (exact) mass is 650 g/mol. The van der Waals surface area contributed by atoms with Gasteiger partial charge in [-0.15, -0.1) is 0 Å². The molecule has 1 aromatic carbocycles. The van der Waals surface area contributed by atoms with Gasteiger partial charge in [-0.05, 0) is 83.6 Å². The summed E-state index contributed by atoms with van der Waals surface area (Å²) in [6.07, 6.45) is 9.15. The van der Waals surface area contributed by atoms with Crippen LogP contribution in [0.5, 0.6) is 5.75 Å². The third kappa shape index (κ3) is 7.96. The van der Waals surface area contributed by atoms with E-state index in [0.29, 0.717) is 30.6 Å². The van der Waals surface area contributed by atoms with Gasteiger partial charge in [0, 0.05) is 63.2 Å². The third-order valence-electron chi connectivity index (χ3n) is 9.95. The molecule has 0 aromatic heterocycles. The van der Waals surface area contributed by atoms with E-state index in [1.807, 2.05) is 52.5 Å². The number of rotatable bonds is 9. The van der Waals surface area contributed by atoms with E-state index in [9.17, 15) is 14.0 Å². The molecule has 2 amide bonds. The topological polar surface area (TPSA) is 89.8 Å². The van der Waals surface area contributed by atoms with Crippen LogP contribution in [0.1, 0.15) is 90.4 Å². The summed E-state index contributed by atoms with van der Waals surface area (Å²) in [7, 11) is 1.67. The molecule has 3 atom stereocenters. The summed E-state index contributed by atoms with van der Waals surface area (Å²) in [6.45, 7) is 19.6. The van der Waals surface area contributed by atoms with Crippen molar-refractivity contribution in [3.63, 3.8) is 0 Å². The highest BCUT2D eigenvalue weighted by Crippen LogP contribution is 2.43. The molecule has 2 bridgehead atoms. The quantitative estimate of drug-likeness (QED) is 0.152. The Labute approximate surface area is 281 Å². The lowest BCUT2D eigenvalue weighted by Crippen LogP contribution is -2.65. The molecule has 1 aromatic rings. The minimum absolute atomic E-state index is 0.0466. The zero-order chi connectivity index (χ0) is 34.3. The van der Waals surface area contributed by atoms with Gasteiger partial charge in [0.05, 0.1) is 11.6 Å². The van der Waals surface area contributed by atoms with Gasteiger partial charge >= 0.3 is 0 Å². The predicted molar refractivity (Wildman–Crippen MR) is 187 cm³/mol. The number of carbonyl (C=O) groups excluding carboxylic acids is 2. The number of hydrogen-bond donors (Lipinski definition) is 1. The summed E-state index contributed by atoms with van der Waals surface area (Å²) >= 11 is 0. The number of allylic oxidation sites excluding steroid dienone is 1. The largest absolute Gasteiger partial charge is 0.453 e. The number of halogens is 1. The van der Waals surface area contributed by atoms with E-state index in [1.54, 1.807) is 11.9 Å². The van der Waals surface area contributed by atoms with Crippen molar-refractivity contribution in [1.82, 2.24) is 20.0 Å². The van der Waals surface area contributed by atoms with Gasteiger partial charge < -0.3 is 24.8 Å². The smallest absolute Gasteiger partial charge is 0.257 e. The van der Waals surface area contributed by atoms with Crippen molar-refractivity contribution in [2.75, 3.05) is 39.8 Å². The van der Waals surface area contributed by atoms with E-state index >= 15 is 0 Å². The van der Waals surface area contributed by atoms with Gasteiger partial charge in [0.2, 0.25) is 5.91 Å². The summed E-state index contributed by atoms with van der Waals surface area (Å²) in [5.41, 5.74) is 1.50. The van der Waals surface area contributed by atoms with Crippen molar-refractivity contribution in [3.8, 4) is 5.75 Å². The van der Waals surface area contributed by atoms with Crippen molar-refractivity contribution >= 4 is 24.0 Å². The molecule has 4 heterocycles. The Bertz CT molecular complexity index is 1370. The molecule has 4 saturated heterocycles. The molecule has 5 aliphatic rings. The molecule has 0 radical (unpaired) electrons. The average molecular weight is 651 g/mol. The van der Waals surface area contributed by atoms with Gasteiger partial charge in [0.15, 0.2) is 11.6 Å². The number of amidine groups is 1. The second-order valence-corrected chi connectivity index (χ2v) is 13.3. The van der Waals surface area contributed by atoms with Crippen molar-refractivity contribution in [2.24, 2.45) is 21.3 Å². The number of fused-ring (bicyclic) bond motifs is 3. The van der Waals surface area contributed by atoms with Crippen LogP contribution in [0.15, 0.2) is 52.2 Å². The molecular formula is C37H55FN6O3. The number of hydrogen-bond acceptors (Lipinski definition) is 5. The number of carbonyl (C=O) groups is 2. The Morgan fingerprint density at radius 2 is 1.87 bits per heavy atom. The molecule has 5 fully saturated rings. The highest BCUT2D eigenvalue weighted by Gasteiger charge is 2.49. The zero-order valence-electron chi connectivity index (χ0n) is 29.5. The fourth-order valence-electron chi connectivity index (χ4n) is 7.49. The number of nitrogens with zero attached hydrogens (tertiary/aromatic N) is 5. The Balaban J connectivity index is 0.00000245. The normalized spacial score (nSPS) is 23.9. The van der Waals surface area contributed by atoms with Crippen molar-refractivity contribution in [2.45, 2.75) is 98.2 Å². The lowest BCUT2D eigenvalue weighted by molar-refractivity contribution is -0.140. The van der Waals surface area contributed by atoms with Crippen LogP contribution in [0.4, 0.5) is 4.39 Å². The van der Waals surface area contributed by atoms with Gasteiger partial charge in [-0.2, -0.15) is 0 Å². The highest BCUT2D eigenvalue weighted by atomic mass is 19.1. The lowest BCUT2D eigenvalue weighted by atomic mass is 9.70. The van der Waals surface area contributed by atoms with Crippen LogP contribution in [0.25, 0.3) is 0 Å². The van der Waals surface area contributed by atoms with Crippen LogP contribution in [0, 0.1) is 17.2 Å². The Hall–Kier alpha value is -3.53. The van der Waals surface area contributed by atoms with Crippen molar-refractivity contribution < 1.29 is 18.7 Å². The van der Waals surface area contributed by atoms with Crippen LogP contribution in [-0.4, -0.2) is 96.6 Å². The molecule has 3 unspecified atom stereocenters. The van der Waals surface area contributed by atoms with Gasteiger partial charge in [0.25, 0.3) is 5.91 Å². The van der Waals surface area contributed by atoms with Crippen molar-refractivity contribution in [3.05, 3.63) is 53.6 Å². The Morgan fingerprint density at radius 1 is 1.17 bits per heavy atom. The molecule has 9 nitrogen and oxygen atoms in total. The molecule has 1 N–H and O–H groups in total. The minimum Gasteiger partial charge on any atom is -0.453 e. The Morgan fingerprint density at radius 3 is 2.45 bits per heavy atom. The fourth-order valence-corrected chi connectivity index (χ4v) is 7.49. The maximum atomic E-state index is 14.4. The van der Waals surface area contributed by atoms with Crippen molar-refractivity contribution in [1.29, 1.82) is 0 Å². The highest BCUT2D eigenvalue weighted by molar-refractivity contribution is 6.02. The van der Waals surface area contributed by atoms with E-state index in [2.05, 4.69) is 26.8 Å². The van der Waals surface area contributed by atoms with E-state index < -0.39 is 5.82 Å². The van der Waals surface area contributed by atoms with E-state index in [0.717, 1.165) is 58.3 Å². The van der Waals surface area contributed by atoms with Crippen LogP contribution < -0.4 is 10.1 Å². The third-order valence-corrected chi connectivity index (χ3v) is 9.95. The Kier molecular flexibility index (Phi) is 12.4. The number of amides is 2. The zero-order valence-corrected chi connectivity index (χ0v) is 29.5. The summed E-state index contributed by atoms with van der Waals surface area (Å²) in [4.78, 5) is 41.7. The van der Waals surface area contributed by atoms with Gasteiger partial charge in [0.1, 0.15) is 17.9 Å². The second kappa shape index (κ2) is 16.0. The summed E-state index contributed by atoms with van der Waals surface area (Å²) < 4.78 is 20.8. The van der Waals surface area contributed by atoms with Crippen LogP contribution in [-0.2, 0) is 4.79 Å². The first kappa shape index (κ1) is 36.3. The predicted octanol–water partition coefficient (Wildman–Crippen LogP) is 6.07. The average Bonchev–Trinajstić information content (AvgIpc) is 3.05. The van der Waals surface area contributed by atoms with Crippen LogP contribution in [0.2, 0.25) is 0 Å². The van der Waals surface area contributed by atoms with E-state index in [4.69, 9.17) is 4.74 Å². The fraction of sp³-hybridized carbons (Fsp3) is 0.622. The molecule has 47 heavy (non-hydrogen) atoms. The molecule has 1 saturated carbocycles. The number of ether oxygens (including phenoxy) is 1. The molecule has 258 valence electrons. The SMILES string of the molecule is C=C1CC2CCC1C(C(=O)N1CCC3(CC1)CN(C(=NC=NC)/C(=C/CC)Oc1ccc(F)cc1C(=O)N(CC)C(C)C)C3)N2.CC. The van der Waals surface area contributed by atoms with Gasteiger partial charge in [-0.25, -0.2) is 9.38 Å². The second-order valence-electron chi connectivity index (χ2n) is 13.3. The number of piperidine rings is 3. The first-order chi connectivity index (χ1) is 22.6. The summed E-state index contributed by atoms with van der Waals surface area (Å²) in [5.74, 6) is 1.13. The number of likely N-dealkylation sites (tertiary alicyclic amines) is 2. The van der Waals surface area contributed by atoms with Gasteiger partial charge in [-0.3, -0.25) is 14.6 Å². The number of benzene rings is 1. The lowest BCUT2D eigenvalue weighted by Gasteiger charge is -2.55. The summed E-state index contributed by atoms with van der Waals surface area (Å²) in [5, 5.41) is 3.59. The number of nitrogens with one attached hydrogen (secondary N) is 1. The standard InChI is InChI=1S/C35H49FN6O3.C2H6/c1-7-9-30(45-29-13-10-25(36)19-28(29)33(43)42(8-2)23(3)4)32(38-22-37-6)41-20-35(21-41)14-16-40(17-15-35)34(44)31-27-12-11-26(39-31)18-24(27)5;1-2/h9-10,13,19,22-23,26-27,31,39H,5,7-8,11-12,14-18,20-21H2,1-4,6H3;1-2H3/b30-9-,37-22?,38-32?;. The maximum absolute atomic E-state index is 14.4. The summed E-state index contributed by atoms with van der Waals surface area (Å²) in [6, 6.07) is 4.27. The first-order valence-corrected chi connectivity index (χ1v) is 17.5. The molecule has 10 heteroatoms. The molecule has 4 aliphatic heterocycles.